The number of carbonyl (C=O) groups is 4. The van der Waals surface area contributed by atoms with Gasteiger partial charge in [-0.15, -0.1) is 11.3 Å². The Kier molecular flexibility index (Phi) is 8.02. The largest absolute Gasteiger partial charge is 0.478 e. The van der Waals surface area contributed by atoms with Gasteiger partial charge < -0.3 is 25.3 Å². The molecule has 15 nitrogen and oxygen atoms in total. The van der Waals surface area contributed by atoms with Gasteiger partial charge in [-0.2, -0.15) is 0 Å². The molecule has 0 bridgehead atoms. The summed E-state index contributed by atoms with van der Waals surface area (Å²) < 4.78 is 5.15. The third-order valence-electron chi connectivity index (χ3n) is 4.09. The van der Waals surface area contributed by atoms with E-state index >= 15 is 0 Å². The van der Waals surface area contributed by atoms with E-state index in [1.54, 1.807) is 20.8 Å². The van der Waals surface area contributed by atoms with Gasteiger partial charge in [0.05, 0.1) is 6.04 Å². The van der Waals surface area contributed by atoms with Crippen LogP contribution in [0.25, 0.3) is 10.4 Å². The lowest BCUT2D eigenvalue weighted by molar-refractivity contribution is -0.161. The molecule has 0 radical (unpaired) electrons. The zero-order valence-electron chi connectivity index (χ0n) is 19.0. The van der Waals surface area contributed by atoms with Crippen molar-refractivity contribution in [2.45, 2.75) is 57.9 Å². The third-order valence-corrected chi connectivity index (χ3v) is 4.85. The Morgan fingerprint density at radius 2 is 2.00 bits per heavy atom. The van der Waals surface area contributed by atoms with Gasteiger partial charge in [0.15, 0.2) is 10.8 Å². The van der Waals surface area contributed by atoms with Crippen LogP contribution in [0, 0.1) is 0 Å². The first-order chi connectivity index (χ1) is 15.7. The van der Waals surface area contributed by atoms with Gasteiger partial charge in [-0.3, -0.25) is 14.9 Å². The van der Waals surface area contributed by atoms with Gasteiger partial charge in [-0.1, -0.05) is 10.3 Å². The summed E-state index contributed by atoms with van der Waals surface area (Å²) in [7, 11) is 0. The van der Waals surface area contributed by atoms with E-state index in [0.29, 0.717) is 0 Å². The van der Waals surface area contributed by atoms with Crippen LogP contribution >= 0.6 is 11.3 Å². The van der Waals surface area contributed by atoms with Gasteiger partial charge in [-0.05, 0) is 40.1 Å². The number of anilines is 1. The summed E-state index contributed by atoms with van der Waals surface area (Å²) in [6.07, 6.45) is -0.772. The van der Waals surface area contributed by atoms with E-state index in [1.165, 1.54) is 19.2 Å². The molecule has 2 heterocycles. The minimum Gasteiger partial charge on any atom is -0.478 e. The average molecular weight is 497 g/mol. The number of nitrogens with one attached hydrogen (secondary N) is 3. The van der Waals surface area contributed by atoms with Crippen molar-refractivity contribution in [3.8, 4) is 0 Å². The highest BCUT2D eigenvalue weighted by atomic mass is 32.1. The summed E-state index contributed by atoms with van der Waals surface area (Å²) in [4.78, 5) is 59.9. The van der Waals surface area contributed by atoms with Crippen molar-refractivity contribution >= 4 is 46.1 Å². The number of ether oxygens (including phenoxy) is 1. The Balaban J connectivity index is 2.26. The van der Waals surface area contributed by atoms with Crippen molar-refractivity contribution in [3.63, 3.8) is 0 Å². The molecule has 4 N–H and O–H groups in total. The van der Waals surface area contributed by atoms with Crippen LogP contribution in [0.1, 0.15) is 40.3 Å². The molecule has 1 aliphatic heterocycles. The van der Waals surface area contributed by atoms with Gasteiger partial charge in [0.1, 0.15) is 17.3 Å². The van der Waals surface area contributed by atoms with E-state index in [-0.39, 0.29) is 17.4 Å². The normalized spacial score (nSPS) is 18.0. The Bertz CT molecular complexity index is 1050. The maximum Gasteiger partial charge on any atom is 0.413 e. The molecule has 1 aromatic heterocycles. The van der Waals surface area contributed by atoms with Crippen LogP contribution in [-0.2, 0) is 24.0 Å². The average Bonchev–Trinajstić information content (AvgIpc) is 3.15. The number of carboxylic acids is 1. The molecule has 34 heavy (non-hydrogen) atoms. The number of hydrogen-bond acceptors (Lipinski definition) is 10. The van der Waals surface area contributed by atoms with Gasteiger partial charge in [0.25, 0.3) is 5.91 Å². The summed E-state index contributed by atoms with van der Waals surface area (Å²) in [5.41, 5.74) is 5.43. The SMILES string of the molecule is CC(C)(C)OC(=O)Nc1nc(/C(=N/OC(C)(C)C(=O)O)C(=O)NC2C(=O)N[C@H]2CN=[N+]=[N-])cs1. The summed E-state index contributed by atoms with van der Waals surface area (Å²) >= 11 is 0.950. The highest BCUT2D eigenvalue weighted by molar-refractivity contribution is 7.14. The van der Waals surface area contributed by atoms with Crippen LogP contribution in [0.3, 0.4) is 0 Å². The van der Waals surface area contributed by atoms with Crippen LogP contribution in [0.2, 0.25) is 0 Å². The van der Waals surface area contributed by atoms with Gasteiger partial charge in [0.2, 0.25) is 11.5 Å². The van der Waals surface area contributed by atoms with Crippen LogP contribution < -0.4 is 16.0 Å². The molecular formula is C18H24N8O7S. The van der Waals surface area contributed by atoms with E-state index in [4.69, 9.17) is 15.1 Å². The molecule has 184 valence electrons. The van der Waals surface area contributed by atoms with Crippen LogP contribution in [0.5, 0.6) is 0 Å². The lowest BCUT2D eigenvalue weighted by Crippen LogP contribution is -2.70. The van der Waals surface area contributed by atoms with Gasteiger partial charge in [-0.25, -0.2) is 14.6 Å². The number of hydrogen-bond donors (Lipinski definition) is 4. The predicted molar refractivity (Wildman–Crippen MR) is 119 cm³/mol. The molecule has 1 fully saturated rings. The monoisotopic (exact) mass is 496 g/mol. The number of aromatic nitrogens is 1. The molecule has 0 aromatic carbocycles. The number of azide groups is 1. The Morgan fingerprint density at radius 1 is 1.32 bits per heavy atom. The summed E-state index contributed by atoms with van der Waals surface area (Å²) in [5, 5.41) is 25.1. The molecule has 2 atom stereocenters. The fourth-order valence-electron chi connectivity index (χ4n) is 2.33. The molecule has 16 heteroatoms. The number of oxime groups is 1. The molecule has 1 unspecified atom stereocenters. The number of aliphatic carboxylic acids is 1. The molecule has 0 spiro atoms. The smallest absolute Gasteiger partial charge is 0.413 e. The van der Waals surface area contributed by atoms with Crippen LogP contribution in [0.15, 0.2) is 15.7 Å². The fraction of sp³-hybridized carbons (Fsp3) is 0.556. The van der Waals surface area contributed by atoms with E-state index < -0.39 is 52.9 Å². The third kappa shape index (κ3) is 7.05. The topological polar surface area (TPSA) is 217 Å². The van der Waals surface area contributed by atoms with E-state index in [9.17, 15) is 24.3 Å². The minimum absolute atomic E-state index is 0.0546. The maximum atomic E-state index is 12.9. The lowest BCUT2D eigenvalue weighted by Gasteiger charge is -2.36. The van der Waals surface area contributed by atoms with Crippen molar-refractivity contribution in [3.05, 3.63) is 21.5 Å². The molecule has 1 saturated heterocycles. The first-order valence-corrected chi connectivity index (χ1v) is 10.7. The standard InChI is InChI=1S/C18H24N8O7S/c1-17(2,3)32-16(31)24-15-22-9(7-34-15)11(25-33-18(4,5)14(29)30)13(28)23-10-8(6-20-26-19)21-12(10)27/h7-8,10H,6H2,1-5H3,(H,21,27)(H,23,28)(H,29,30)(H,22,24,31)/b25-11-/t8-,10?/m0/s1. The zero-order chi connectivity index (χ0) is 25.7. The maximum absolute atomic E-state index is 12.9. The second-order valence-corrected chi connectivity index (χ2v) is 9.35. The number of rotatable bonds is 9. The summed E-state index contributed by atoms with van der Waals surface area (Å²) in [6.45, 7) is 7.40. The number of thiazole rings is 1. The molecule has 0 saturated carbocycles. The first-order valence-electron chi connectivity index (χ1n) is 9.81. The number of amides is 3. The second kappa shape index (κ2) is 10.4. The van der Waals surface area contributed by atoms with Gasteiger partial charge in [0, 0.05) is 16.8 Å². The van der Waals surface area contributed by atoms with E-state index in [0.717, 1.165) is 11.3 Å². The number of nitrogens with zero attached hydrogens (tertiary/aromatic N) is 5. The Labute approximate surface area is 197 Å². The second-order valence-electron chi connectivity index (χ2n) is 8.49. The first kappa shape index (κ1) is 26.3. The molecule has 3 amide bonds. The minimum atomic E-state index is -1.78. The Hall–Kier alpha value is -3.91. The van der Waals surface area contributed by atoms with Crippen molar-refractivity contribution in [2.75, 3.05) is 11.9 Å². The van der Waals surface area contributed by atoms with Gasteiger partial charge >= 0.3 is 12.1 Å². The zero-order valence-corrected chi connectivity index (χ0v) is 19.8. The highest BCUT2D eigenvalue weighted by Crippen LogP contribution is 2.19. The molecular weight excluding hydrogens is 472 g/mol. The summed E-state index contributed by atoms with van der Waals surface area (Å²) in [6, 6.07) is -1.65. The number of β-lactam (4-membered cyclic amide) rings is 1. The molecule has 1 aromatic rings. The van der Waals surface area contributed by atoms with E-state index in [2.05, 4.69) is 36.1 Å². The number of carbonyl (C=O) groups excluding carboxylic acids is 3. The predicted octanol–water partition coefficient (Wildman–Crippen LogP) is 1.37. The van der Waals surface area contributed by atoms with Crippen LogP contribution in [0.4, 0.5) is 9.93 Å². The molecule has 1 aliphatic rings. The Morgan fingerprint density at radius 3 is 2.56 bits per heavy atom. The van der Waals surface area contributed by atoms with Crippen molar-refractivity contribution in [2.24, 2.45) is 10.3 Å². The van der Waals surface area contributed by atoms with Crippen molar-refractivity contribution < 1.29 is 33.9 Å². The van der Waals surface area contributed by atoms with Crippen molar-refractivity contribution in [1.29, 1.82) is 0 Å². The quantitative estimate of drug-likeness (QED) is 0.0974. The summed E-state index contributed by atoms with van der Waals surface area (Å²) in [5.74, 6) is -2.75. The molecule has 0 aliphatic carbocycles. The highest BCUT2D eigenvalue weighted by Gasteiger charge is 2.41. The van der Waals surface area contributed by atoms with E-state index in [1.807, 2.05) is 0 Å². The lowest BCUT2D eigenvalue weighted by atomic mass is 9.99. The number of carboxylic acid groups (broad SMARTS) is 1. The fourth-order valence-corrected chi connectivity index (χ4v) is 3.01. The van der Waals surface area contributed by atoms with Crippen LogP contribution in [-0.4, -0.2) is 69.5 Å². The molecule has 2 rings (SSSR count). The van der Waals surface area contributed by atoms with Crippen molar-refractivity contribution in [1.82, 2.24) is 15.6 Å².